The zero-order valence-electron chi connectivity index (χ0n) is 8.93. The van der Waals surface area contributed by atoms with Gasteiger partial charge in [0.05, 0.1) is 4.92 Å². The minimum Gasteiger partial charge on any atom is -0.350 e. The molecule has 1 aromatic heterocycles. The van der Waals surface area contributed by atoms with Crippen molar-refractivity contribution in [3.8, 4) is 0 Å². The van der Waals surface area contributed by atoms with Gasteiger partial charge in [-0.25, -0.2) is 0 Å². The molecule has 1 aromatic rings. The van der Waals surface area contributed by atoms with E-state index in [1.54, 1.807) is 0 Å². The second kappa shape index (κ2) is 4.97. The Morgan fingerprint density at radius 2 is 2.31 bits per heavy atom. The largest absolute Gasteiger partial charge is 0.350 e. The van der Waals surface area contributed by atoms with E-state index in [2.05, 4.69) is 23.0 Å². The molecule has 1 amide bonds. The molecule has 0 aliphatic heterocycles. The summed E-state index contributed by atoms with van der Waals surface area (Å²) in [6.07, 6.45) is 0. The van der Waals surface area contributed by atoms with Gasteiger partial charge in [-0.2, -0.15) is 17.7 Å². The van der Waals surface area contributed by atoms with Gasteiger partial charge in [0, 0.05) is 19.3 Å². The van der Waals surface area contributed by atoms with Crippen LogP contribution in [0.3, 0.4) is 0 Å². The molecule has 8 heteroatoms. The average molecular weight is 244 g/mol. The molecule has 0 saturated heterocycles. The number of aryl methyl sites for hydroxylation is 2. The van der Waals surface area contributed by atoms with E-state index in [0.29, 0.717) is 12.3 Å². The molecule has 1 rings (SSSR count). The van der Waals surface area contributed by atoms with Gasteiger partial charge in [0.15, 0.2) is 0 Å². The molecule has 0 spiro atoms. The highest BCUT2D eigenvalue weighted by atomic mass is 32.1. The fourth-order valence-corrected chi connectivity index (χ4v) is 1.49. The summed E-state index contributed by atoms with van der Waals surface area (Å²) in [7, 11) is 1.50. The van der Waals surface area contributed by atoms with Gasteiger partial charge in [0.1, 0.15) is 5.69 Å². The minimum absolute atomic E-state index is 0.0377. The Kier molecular flexibility index (Phi) is 3.88. The van der Waals surface area contributed by atoms with Gasteiger partial charge in [-0.1, -0.05) is 0 Å². The van der Waals surface area contributed by atoms with Crippen molar-refractivity contribution in [2.75, 3.05) is 12.3 Å². The van der Waals surface area contributed by atoms with E-state index in [9.17, 15) is 14.9 Å². The highest BCUT2D eigenvalue weighted by molar-refractivity contribution is 7.80. The van der Waals surface area contributed by atoms with E-state index in [1.165, 1.54) is 18.7 Å². The Morgan fingerprint density at radius 1 is 1.69 bits per heavy atom. The van der Waals surface area contributed by atoms with E-state index < -0.39 is 10.8 Å². The van der Waals surface area contributed by atoms with Crippen molar-refractivity contribution in [2.24, 2.45) is 7.05 Å². The summed E-state index contributed by atoms with van der Waals surface area (Å²) in [5.74, 6) is -0.0417. The monoisotopic (exact) mass is 244 g/mol. The molecule has 0 aromatic carbocycles. The molecule has 1 heterocycles. The highest BCUT2D eigenvalue weighted by Crippen LogP contribution is 2.21. The molecular formula is C8H12N4O3S. The van der Waals surface area contributed by atoms with E-state index in [4.69, 9.17) is 0 Å². The molecule has 0 radical (unpaired) electrons. The van der Waals surface area contributed by atoms with Crippen LogP contribution in [0, 0.1) is 17.0 Å². The van der Waals surface area contributed by atoms with Crippen molar-refractivity contribution in [1.29, 1.82) is 0 Å². The predicted octanol–water partition coefficient (Wildman–Crippen LogP) is 0.296. The quantitative estimate of drug-likeness (QED) is 0.452. The number of carbonyl (C=O) groups excluding carboxylic acids is 1. The van der Waals surface area contributed by atoms with Crippen LogP contribution < -0.4 is 5.32 Å². The van der Waals surface area contributed by atoms with Gasteiger partial charge in [-0.05, 0) is 6.92 Å². The molecule has 0 saturated carbocycles. The van der Waals surface area contributed by atoms with Crippen molar-refractivity contribution in [3.63, 3.8) is 0 Å². The fraction of sp³-hybridized carbons (Fsp3) is 0.500. The third-order valence-corrected chi connectivity index (χ3v) is 2.21. The van der Waals surface area contributed by atoms with Crippen LogP contribution in [0.2, 0.25) is 0 Å². The standard InChI is InChI=1S/C8H12N4O3S/c1-5-6(12(14)15)7(11(2)10-5)8(13)9-3-4-16/h16H,3-4H2,1-2H3,(H,9,13). The number of thiol groups is 1. The first-order chi connectivity index (χ1) is 7.49. The molecule has 7 nitrogen and oxygen atoms in total. The summed E-state index contributed by atoms with van der Waals surface area (Å²) in [5.41, 5.74) is -0.0630. The number of hydrogen-bond acceptors (Lipinski definition) is 5. The number of nitrogens with zero attached hydrogens (tertiary/aromatic N) is 3. The predicted molar refractivity (Wildman–Crippen MR) is 60.8 cm³/mol. The van der Waals surface area contributed by atoms with Crippen LogP contribution in [-0.2, 0) is 7.05 Å². The molecule has 0 fully saturated rings. The highest BCUT2D eigenvalue weighted by Gasteiger charge is 2.28. The van der Waals surface area contributed by atoms with Gasteiger partial charge in [0.2, 0.25) is 5.69 Å². The lowest BCUT2D eigenvalue weighted by atomic mass is 10.3. The first-order valence-corrected chi connectivity index (χ1v) is 5.19. The van der Waals surface area contributed by atoms with Crippen molar-refractivity contribution in [1.82, 2.24) is 15.1 Å². The number of carbonyl (C=O) groups is 1. The molecule has 0 aliphatic carbocycles. The maximum atomic E-state index is 11.7. The van der Waals surface area contributed by atoms with Crippen LogP contribution in [0.5, 0.6) is 0 Å². The van der Waals surface area contributed by atoms with E-state index >= 15 is 0 Å². The lowest BCUT2D eigenvalue weighted by molar-refractivity contribution is -0.385. The van der Waals surface area contributed by atoms with Gasteiger partial charge < -0.3 is 5.32 Å². The normalized spacial score (nSPS) is 10.2. The summed E-state index contributed by atoms with van der Waals surface area (Å²) in [6, 6.07) is 0. The summed E-state index contributed by atoms with van der Waals surface area (Å²) >= 11 is 3.93. The zero-order chi connectivity index (χ0) is 12.3. The van der Waals surface area contributed by atoms with Gasteiger partial charge >= 0.3 is 5.69 Å². The number of hydrogen-bond donors (Lipinski definition) is 2. The number of nitrogens with one attached hydrogen (secondary N) is 1. The van der Waals surface area contributed by atoms with Crippen LogP contribution in [0.15, 0.2) is 0 Å². The van der Waals surface area contributed by atoms with E-state index in [0.717, 1.165) is 0 Å². The lowest BCUT2D eigenvalue weighted by Crippen LogP contribution is -2.28. The number of aromatic nitrogens is 2. The maximum absolute atomic E-state index is 11.7. The van der Waals surface area contributed by atoms with E-state index in [-0.39, 0.29) is 17.1 Å². The molecular weight excluding hydrogens is 232 g/mol. The van der Waals surface area contributed by atoms with Crippen LogP contribution in [-0.4, -0.2) is 32.9 Å². The van der Waals surface area contributed by atoms with Crippen molar-refractivity contribution < 1.29 is 9.72 Å². The average Bonchev–Trinajstić information content (AvgIpc) is 2.50. The summed E-state index contributed by atoms with van der Waals surface area (Å²) in [4.78, 5) is 21.8. The van der Waals surface area contributed by atoms with Gasteiger partial charge in [0.25, 0.3) is 5.91 Å². The second-order valence-electron chi connectivity index (χ2n) is 3.14. The van der Waals surface area contributed by atoms with Crippen LogP contribution in [0.1, 0.15) is 16.2 Å². The summed E-state index contributed by atoms with van der Waals surface area (Å²) in [6.45, 7) is 1.84. The number of amides is 1. The summed E-state index contributed by atoms with van der Waals surface area (Å²) in [5, 5.41) is 17.2. The van der Waals surface area contributed by atoms with Crippen molar-refractivity contribution in [3.05, 3.63) is 21.5 Å². The number of rotatable bonds is 4. The van der Waals surface area contributed by atoms with E-state index in [1.807, 2.05) is 0 Å². The molecule has 0 aliphatic rings. The Hall–Kier alpha value is -1.57. The van der Waals surface area contributed by atoms with Crippen LogP contribution in [0.4, 0.5) is 5.69 Å². The molecule has 0 unspecified atom stereocenters. The molecule has 16 heavy (non-hydrogen) atoms. The Balaban J connectivity index is 3.11. The Labute approximate surface area is 97.4 Å². The Morgan fingerprint density at radius 3 is 2.81 bits per heavy atom. The topological polar surface area (TPSA) is 90.1 Å². The molecule has 0 atom stereocenters. The fourth-order valence-electron chi connectivity index (χ4n) is 1.37. The molecule has 88 valence electrons. The smallest absolute Gasteiger partial charge is 0.322 e. The third kappa shape index (κ3) is 2.32. The third-order valence-electron chi connectivity index (χ3n) is 1.99. The van der Waals surface area contributed by atoms with Crippen molar-refractivity contribution >= 4 is 24.2 Å². The first-order valence-electron chi connectivity index (χ1n) is 4.56. The van der Waals surface area contributed by atoms with Gasteiger partial charge in [-0.3, -0.25) is 19.6 Å². The Bertz CT molecular complexity index is 429. The zero-order valence-corrected chi connectivity index (χ0v) is 9.82. The molecule has 1 N–H and O–H groups in total. The minimum atomic E-state index is -0.599. The lowest BCUT2D eigenvalue weighted by Gasteiger charge is -2.02. The number of nitro groups is 1. The SMILES string of the molecule is Cc1nn(C)c(C(=O)NCCS)c1[N+](=O)[O-]. The second-order valence-corrected chi connectivity index (χ2v) is 3.59. The molecule has 0 bridgehead atoms. The first kappa shape index (κ1) is 12.5. The van der Waals surface area contributed by atoms with Crippen LogP contribution in [0.25, 0.3) is 0 Å². The van der Waals surface area contributed by atoms with Gasteiger partial charge in [-0.15, -0.1) is 0 Å². The van der Waals surface area contributed by atoms with Crippen molar-refractivity contribution in [2.45, 2.75) is 6.92 Å². The van der Waals surface area contributed by atoms with Crippen LogP contribution >= 0.6 is 12.6 Å². The maximum Gasteiger partial charge on any atom is 0.322 e. The summed E-state index contributed by atoms with van der Waals surface area (Å²) < 4.78 is 1.21.